The summed E-state index contributed by atoms with van der Waals surface area (Å²) in [5, 5.41) is 9.54. The van der Waals surface area contributed by atoms with Crippen molar-refractivity contribution in [1.82, 2.24) is 23.7 Å². The van der Waals surface area contributed by atoms with Gasteiger partial charge in [-0.3, -0.25) is 23.5 Å². The van der Waals surface area contributed by atoms with Gasteiger partial charge in [0.05, 0.1) is 18.8 Å². The first-order chi connectivity index (χ1) is 11.4. The van der Waals surface area contributed by atoms with Gasteiger partial charge in [-0.25, -0.2) is 4.79 Å². The molecule has 24 heavy (non-hydrogen) atoms. The van der Waals surface area contributed by atoms with Crippen LogP contribution in [0.1, 0.15) is 16.8 Å². The average molecular weight is 329 g/mol. The minimum absolute atomic E-state index is 0.183. The van der Waals surface area contributed by atoms with E-state index in [0.29, 0.717) is 29.1 Å². The molecule has 3 aromatic heterocycles. The van der Waals surface area contributed by atoms with Gasteiger partial charge in [0.15, 0.2) is 16.9 Å². The van der Waals surface area contributed by atoms with E-state index in [0.717, 1.165) is 10.1 Å². The Kier molecular flexibility index (Phi) is 2.91. The fraction of sp³-hybridized carbons (Fsp3) is 0.333. The molecule has 0 saturated carbocycles. The normalized spacial score (nSPS) is 12.8. The smallest absolute Gasteiger partial charge is 0.332 e. The molecule has 4 rings (SSSR count). The maximum atomic E-state index is 12.5. The lowest BCUT2D eigenvalue weighted by molar-refractivity contribution is 0.277. The second-order valence-corrected chi connectivity index (χ2v) is 5.80. The predicted octanol–water partition coefficient (Wildman–Crippen LogP) is -0.217. The molecule has 4 heterocycles. The van der Waals surface area contributed by atoms with Crippen LogP contribution >= 0.6 is 0 Å². The van der Waals surface area contributed by atoms with Crippen molar-refractivity contribution >= 4 is 11.2 Å². The molecule has 0 bridgehead atoms. The molecule has 1 aliphatic heterocycles. The number of fused-ring (bicyclic) bond motifs is 4. The highest BCUT2D eigenvalue weighted by molar-refractivity contribution is 5.73. The van der Waals surface area contributed by atoms with Crippen molar-refractivity contribution in [2.24, 2.45) is 14.1 Å². The average Bonchev–Trinajstić information content (AvgIpc) is 2.96. The molecule has 0 atom stereocenters. The topological polar surface area (TPSA) is 104 Å². The third-order valence-corrected chi connectivity index (χ3v) is 4.40. The molecule has 0 aliphatic carbocycles. The molecular formula is C15H15N5O4. The van der Waals surface area contributed by atoms with E-state index in [2.05, 4.69) is 9.97 Å². The van der Waals surface area contributed by atoms with Crippen molar-refractivity contribution in [3.05, 3.63) is 43.9 Å². The number of pyridine rings is 1. The zero-order valence-electron chi connectivity index (χ0n) is 13.4. The van der Waals surface area contributed by atoms with Crippen molar-refractivity contribution in [2.45, 2.75) is 20.1 Å². The third kappa shape index (κ3) is 1.72. The van der Waals surface area contributed by atoms with Crippen molar-refractivity contribution in [3.63, 3.8) is 0 Å². The van der Waals surface area contributed by atoms with Gasteiger partial charge in [-0.1, -0.05) is 0 Å². The van der Waals surface area contributed by atoms with Gasteiger partial charge in [0.25, 0.3) is 5.56 Å². The molecule has 3 aromatic rings. The van der Waals surface area contributed by atoms with E-state index in [9.17, 15) is 14.7 Å². The second kappa shape index (κ2) is 4.78. The summed E-state index contributed by atoms with van der Waals surface area (Å²) in [7, 11) is 2.98. The Morgan fingerprint density at radius 1 is 1.29 bits per heavy atom. The number of ether oxygens (including phenoxy) is 1. The molecular weight excluding hydrogens is 314 g/mol. The maximum absolute atomic E-state index is 12.5. The first kappa shape index (κ1) is 14.6. The minimum atomic E-state index is -0.450. The fourth-order valence-electron chi connectivity index (χ4n) is 3.02. The summed E-state index contributed by atoms with van der Waals surface area (Å²) in [6, 6.07) is 0.232. The van der Waals surface area contributed by atoms with Crippen LogP contribution in [0.4, 0.5) is 0 Å². The Bertz CT molecular complexity index is 1120. The van der Waals surface area contributed by atoms with Crippen LogP contribution in [0.15, 0.2) is 15.8 Å². The molecule has 1 N–H and O–H groups in total. The number of imidazole rings is 1. The van der Waals surface area contributed by atoms with Gasteiger partial charge in [0.1, 0.15) is 0 Å². The molecule has 0 saturated heterocycles. The summed E-state index contributed by atoms with van der Waals surface area (Å²) >= 11 is 0. The summed E-state index contributed by atoms with van der Waals surface area (Å²) in [5.41, 5.74) is 1.73. The van der Waals surface area contributed by atoms with Crippen LogP contribution in [0, 0.1) is 6.92 Å². The van der Waals surface area contributed by atoms with Crippen LogP contribution in [0.2, 0.25) is 0 Å². The van der Waals surface area contributed by atoms with Crippen LogP contribution in [0.25, 0.3) is 11.2 Å². The highest BCUT2D eigenvalue weighted by atomic mass is 16.5. The molecule has 9 heteroatoms. The fourth-order valence-corrected chi connectivity index (χ4v) is 3.02. The van der Waals surface area contributed by atoms with Crippen molar-refractivity contribution in [3.8, 4) is 11.8 Å². The number of aliphatic hydroxyl groups excluding tert-OH is 1. The Balaban J connectivity index is 2.07. The number of aryl methyl sites for hydroxylation is 2. The van der Waals surface area contributed by atoms with Gasteiger partial charge in [0.2, 0.25) is 0 Å². The highest BCUT2D eigenvalue weighted by Gasteiger charge is 2.28. The maximum Gasteiger partial charge on any atom is 0.332 e. The summed E-state index contributed by atoms with van der Waals surface area (Å²) in [6.07, 6.45) is 1.59. The number of aromatic nitrogens is 5. The van der Waals surface area contributed by atoms with E-state index < -0.39 is 11.2 Å². The molecule has 0 radical (unpaired) electrons. The third-order valence-electron chi connectivity index (χ3n) is 4.40. The molecule has 0 aromatic carbocycles. The molecule has 1 aliphatic rings. The van der Waals surface area contributed by atoms with Gasteiger partial charge in [-0.05, 0) is 6.92 Å². The second-order valence-electron chi connectivity index (χ2n) is 5.80. The zero-order chi connectivity index (χ0) is 17.2. The van der Waals surface area contributed by atoms with Gasteiger partial charge < -0.3 is 9.84 Å². The van der Waals surface area contributed by atoms with E-state index in [4.69, 9.17) is 4.74 Å². The summed E-state index contributed by atoms with van der Waals surface area (Å²) in [5.74, 6) is 0.534. The van der Waals surface area contributed by atoms with E-state index >= 15 is 0 Å². The number of hydrogen-bond donors (Lipinski definition) is 1. The van der Waals surface area contributed by atoms with Gasteiger partial charge >= 0.3 is 11.7 Å². The van der Waals surface area contributed by atoms with Crippen molar-refractivity contribution in [1.29, 1.82) is 0 Å². The lowest BCUT2D eigenvalue weighted by Crippen LogP contribution is -2.37. The molecule has 9 nitrogen and oxygen atoms in total. The van der Waals surface area contributed by atoms with Crippen LogP contribution in [-0.4, -0.2) is 28.8 Å². The van der Waals surface area contributed by atoms with E-state index in [1.807, 2.05) is 0 Å². The first-order valence-electron chi connectivity index (χ1n) is 7.36. The van der Waals surface area contributed by atoms with Crippen LogP contribution in [0.5, 0.6) is 11.8 Å². The van der Waals surface area contributed by atoms with Crippen molar-refractivity contribution < 1.29 is 9.84 Å². The standard InChI is InChI=1S/C15H15N5O4/c1-7-11-9(8(6-21)4-16-7)5-20-10-12(17-14(20)24-11)18(2)15(23)19(3)13(10)22/h4,21H,5-6H2,1-3H3. The van der Waals surface area contributed by atoms with E-state index in [-0.39, 0.29) is 18.3 Å². The van der Waals surface area contributed by atoms with Crippen molar-refractivity contribution in [2.75, 3.05) is 0 Å². The van der Waals surface area contributed by atoms with Crippen LogP contribution in [-0.2, 0) is 27.2 Å². The molecule has 124 valence electrons. The predicted molar refractivity (Wildman–Crippen MR) is 84.3 cm³/mol. The first-order valence-corrected chi connectivity index (χ1v) is 7.36. The van der Waals surface area contributed by atoms with E-state index in [1.165, 1.54) is 11.6 Å². The summed E-state index contributed by atoms with van der Waals surface area (Å²) in [4.78, 5) is 33.1. The Morgan fingerprint density at radius 2 is 2.04 bits per heavy atom. The SMILES string of the molecule is Cc1ncc(CO)c2c1Oc1nc3c(c(=O)n(C)c(=O)n3C)n1C2. The number of rotatable bonds is 1. The zero-order valence-corrected chi connectivity index (χ0v) is 13.4. The largest absolute Gasteiger partial charge is 0.423 e. The number of aliphatic hydroxyl groups is 1. The highest BCUT2D eigenvalue weighted by Crippen LogP contribution is 2.36. The molecule has 0 spiro atoms. The minimum Gasteiger partial charge on any atom is -0.423 e. The summed E-state index contributed by atoms with van der Waals surface area (Å²) < 4.78 is 9.82. The summed E-state index contributed by atoms with van der Waals surface area (Å²) in [6.45, 7) is 1.93. The molecule has 0 unspecified atom stereocenters. The lowest BCUT2D eigenvalue weighted by Gasteiger charge is -2.21. The number of nitrogens with zero attached hydrogens (tertiary/aromatic N) is 5. The quantitative estimate of drug-likeness (QED) is 0.518. The Labute approximate surface area is 135 Å². The van der Waals surface area contributed by atoms with E-state index in [1.54, 1.807) is 24.7 Å². The van der Waals surface area contributed by atoms with Crippen LogP contribution in [0.3, 0.4) is 0 Å². The van der Waals surface area contributed by atoms with Gasteiger partial charge in [-0.2, -0.15) is 4.98 Å². The molecule has 0 fully saturated rings. The van der Waals surface area contributed by atoms with Gasteiger partial charge in [-0.15, -0.1) is 0 Å². The lowest BCUT2D eigenvalue weighted by atomic mass is 10.1. The monoisotopic (exact) mass is 329 g/mol. The number of hydrogen-bond acceptors (Lipinski definition) is 6. The van der Waals surface area contributed by atoms with Crippen LogP contribution < -0.4 is 16.0 Å². The molecule has 0 amide bonds. The Morgan fingerprint density at radius 3 is 2.75 bits per heavy atom. The van der Waals surface area contributed by atoms with Gasteiger partial charge in [0, 0.05) is 31.4 Å². The Hall–Kier alpha value is -2.94.